The third-order valence-electron chi connectivity index (χ3n) is 5.28. The molecule has 3 heterocycles. The fraction of sp³-hybridized carbons (Fsp3) is 0.136. The summed E-state index contributed by atoms with van der Waals surface area (Å²) in [5, 5.41) is 13.3. The Morgan fingerprint density at radius 3 is 2.71 bits per heavy atom. The van der Waals surface area contributed by atoms with Crippen molar-refractivity contribution < 1.29 is 22.4 Å². The molecule has 0 aliphatic heterocycles. The van der Waals surface area contributed by atoms with E-state index >= 15 is 0 Å². The van der Waals surface area contributed by atoms with E-state index in [0.29, 0.717) is 11.6 Å². The van der Waals surface area contributed by atoms with Gasteiger partial charge < -0.3 is 13.8 Å². The van der Waals surface area contributed by atoms with Crippen molar-refractivity contribution in [2.75, 3.05) is 13.7 Å². The van der Waals surface area contributed by atoms with Gasteiger partial charge in [0, 0.05) is 19.7 Å². The molecule has 0 aliphatic rings. The average molecular weight is 466 g/mol. The van der Waals surface area contributed by atoms with Gasteiger partial charge in [-0.2, -0.15) is 10.2 Å². The molecule has 34 heavy (non-hydrogen) atoms. The molecule has 0 spiro atoms. The number of rotatable bonds is 5. The number of methoxy groups -OCH3 is 1. The molecule has 12 heteroatoms. The fourth-order valence-electron chi connectivity index (χ4n) is 3.75. The van der Waals surface area contributed by atoms with Crippen LogP contribution >= 0.6 is 0 Å². The van der Waals surface area contributed by atoms with Crippen molar-refractivity contribution in [3.8, 4) is 29.0 Å². The number of aromatic nitrogens is 5. The minimum absolute atomic E-state index is 0.0263. The van der Waals surface area contributed by atoms with E-state index in [4.69, 9.17) is 9.26 Å². The van der Waals surface area contributed by atoms with E-state index in [0.717, 1.165) is 18.2 Å². The van der Waals surface area contributed by atoms with Gasteiger partial charge >= 0.3 is 0 Å². The van der Waals surface area contributed by atoms with Crippen LogP contribution in [0.2, 0.25) is 0 Å². The first-order valence-corrected chi connectivity index (χ1v) is 9.85. The fourth-order valence-corrected chi connectivity index (χ4v) is 3.75. The van der Waals surface area contributed by atoms with Crippen molar-refractivity contribution in [1.29, 1.82) is 5.26 Å². The Morgan fingerprint density at radius 2 is 1.97 bits per heavy atom. The lowest BCUT2D eigenvalue weighted by Gasteiger charge is -2.13. The zero-order chi connectivity index (χ0) is 24.0. The molecule has 0 bridgehead atoms. The SMILES string of the molecule is COCCn1c(=O)c2c(-c3noc(-c4ccc(F)cc4F)n3)ncn2c2ccc(F)c(C#N)c21. The number of nitriles is 1. The van der Waals surface area contributed by atoms with Crippen LogP contribution in [-0.2, 0) is 11.3 Å². The predicted molar refractivity (Wildman–Crippen MR) is 112 cm³/mol. The maximum absolute atomic E-state index is 14.4. The minimum atomic E-state index is -0.899. The molecule has 5 aromatic rings. The van der Waals surface area contributed by atoms with Crippen LogP contribution in [0.15, 0.2) is 46.0 Å². The van der Waals surface area contributed by atoms with E-state index in [-0.39, 0.29) is 52.7 Å². The number of nitrogens with zero attached hydrogens (tertiary/aromatic N) is 6. The second-order valence-electron chi connectivity index (χ2n) is 7.21. The Kier molecular flexibility index (Phi) is 5.10. The summed E-state index contributed by atoms with van der Waals surface area (Å²) in [4.78, 5) is 21.8. The van der Waals surface area contributed by atoms with Crippen LogP contribution in [0.4, 0.5) is 13.2 Å². The second-order valence-corrected chi connectivity index (χ2v) is 7.21. The molecular formula is C22H13F3N6O3. The monoisotopic (exact) mass is 466 g/mol. The molecule has 9 nitrogen and oxygen atoms in total. The summed E-state index contributed by atoms with van der Waals surface area (Å²) in [5.74, 6) is -2.78. The van der Waals surface area contributed by atoms with Gasteiger partial charge in [0.25, 0.3) is 11.4 Å². The van der Waals surface area contributed by atoms with Gasteiger partial charge in [-0.25, -0.2) is 18.2 Å². The summed E-state index contributed by atoms with van der Waals surface area (Å²) in [5.41, 5.74) is -0.529. The average Bonchev–Trinajstić information content (AvgIpc) is 3.46. The van der Waals surface area contributed by atoms with E-state index in [1.54, 1.807) is 6.07 Å². The zero-order valence-electron chi connectivity index (χ0n) is 17.4. The van der Waals surface area contributed by atoms with Crippen molar-refractivity contribution in [1.82, 2.24) is 24.1 Å². The quantitative estimate of drug-likeness (QED) is 0.391. The van der Waals surface area contributed by atoms with Crippen molar-refractivity contribution in [2.45, 2.75) is 6.54 Å². The molecule has 170 valence electrons. The summed E-state index contributed by atoms with van der Waals surface area (Å²) in [6.07, 6.45) is 1.31. The van der Waals surface area contributed by atoms with Gasteiger partial charge in [-0.1, -0.05) is 5.16 Å². The summed E-state index contributed by atoms with van der Waals surface area (Å²) in [7, 11) is 1.44. The molecule has 0 saturated carbocycles. The molecule has 0 fully saturated rings. The van der Waals surface area contributed by atoms with Crippen LogP contribution in [0, 0.1) is 28.8 Å². The highest BCUT2D eigenvalue weighted by molar-refractivity contribution is 5.87. The normalized spacial score (nSPS) is 11.4. The third kappa shape index (κ3) is 3.22. The van der Waals surface area contributed by atoms with Crippen LogP contribution in [0.25, 0.3) is 39.5 Å². The Bertz CT molecular complexity index is 1680. The van der Waals surface area contributed by atoms with E-state index in [1.807, 2.05) is 0 Å². The van der Waals surface area contributed by atoms with Gasteiger partial charge in [-0.05, 0) is 24.3 Å². The molecule has 0 saturated heterocycles. The Balaban J connectivity index is 1.77. The van der Waals surface area contributed by atoms with Crippen LogP contribution < -0.4 is 5.56 Å². The number of hydrogen-bond donors (Lipinski definition) is 0. The van der Waals surface area contributed by atoms with Crippen LogP contribution in [0.5, 0.6) is 0 Å². The van der Waals surface area contributed by atoms with Gasteiger partial charge in [0.15, 0.2) is 0 Å². The van der Waals surface area contributed by atoms with Gasteiger partial charge in [-0.3, -0.25) is 9.20 Å². The maximum Gasteiger partial charge on any atom is 0.277 e. The Hall–Kier alpha value is -4.50. The third-order valence-corrected chi connectivity index (χ3v) is 5.28. The van der Waals surface area contributed by atoms with Crippen molar-refractivity contribution in [3.05, 3.63) is 70.0 Å². The van der Waals surface area contributed by atoms with E-state index in [9.17, 15) is 23.2 Å². The molecule has 0 radical (unpaired) electrons. The number of fused-ring (bicyclic) bond motifs is 3. The number of halogens is 3. The highest BCUT2D eigenvalue weighted by Crippen LogP contribution is 2.28. The topological polar surface area (TPSA) is 111 Å². The predicted octanol–water partition coefficient (Wildman–Crippen LogP) is 3.30. The number of hydrogen-bond acceptors (Lipinski definition) is 7. The van der Waals surface area contributed by atoms with E-state index < -0.39 is 23.0 Å². The molecular weight excluding hydrogens is 453 g/mol. The Labute approximate surface area is 188 Å². The van der Waals surface area contributed by atoms with Crippen molar-refractivity contribution >= 4 is 16.6 Å². The van der Waals surface area contributed by atoms with Gasteiger partial charge in [0.1, 0.15) is 46.6 Å². The molecule has 5 rings (SSSR count). The number of ether oxygens (including phenoxy) is 1. The highest BCUT2D eigenvalue weighted by Gasteiger charge is 2.24. The van der Waals surface area contributed by atoms with Crippen LogP contribution in [0.3, 0.4) is 0 Å². The molecule has 0 aliphatic carbocycles. The van der Waals surface area contributed by atoms with Crippen LogP contribution in [0.1, 0.15) is 5.56 Å². The molecule has 0 unspecified atom stereocenters. The number of benzene rings is 2. The van der Waals surface area contributed by atoms with Crippen molar-refractivity contribution in [3.63, 3.8) is 0 Å². The molecule has 0 N–H and O–H groups in total. The summed E-state index contributed by atoms with van der Waals surface area (Å²) in [6, 6.07) is 7.21. The molecule has 0 atom stereocenters. The van der Waals surface area contributed by atoms with Gasteiger partial charge in [0.05, 0.1) is 23.2 Å². The van der Waals surface area contributed by atoms with E-state index in [2.05, 4.69) is 15.1 Å². The lowest BCUT2D eigenvalue weighted by atomic mass is 10.1. The first-order chi connectivity index (χ1) is 16.4. The van der Waals surface area contributed by atoms with Gasteiger partial charge in [0.2, 0.25) is 5.82 Å². The number of imidazole rings is 1. The lowest BCUT2D eigenvalue weighted by molar-refractivity contribution is 0.187. The standard InChI is InChI=1S/C22H13F3N6O3/c1-33-7-6-30-18-13(9-26)14(24)4-5-16(18)31-10-27-17(19(31)22(30)32)20-28-21(34-29-20)12-3-2-11(23)8-15(12)25/h2-5,8,10H,6-7H2,1H3. The second kappa shape index (κ2) is 8.13. The maximum atomic E-state index is 14.4. The van der Waals surface area contributed by atoms with E-state index in [1.165, 1.54) is 28.5 Å². The summed E-state index contributed by atoms with van der Waals surface area (Å²) >= 11 is 0. The summed E-state index contributed by atoms with van der Waals surface area (Å²) < 4.78 is 54.6. The molecule has 3 aromatic heterocycles. The Morgan fingerprint density at radius 1 is 1.15 bits per heavy atom. The highest BCUT2D eigenvalue weighted by atomic mass is 19.1. The zero-order valence-corrected chi connectivity index (χ0v) is 17.4. The van der Waals surface area contributed by atoms with Crippen molar-refractivity contribution in [2.24, 2.45) is 0 Å². The minimum Gasteiger partial charge on any atom is -0.383 e. The first-order valence-electron chi connectivity index (χ1n) is 9.85. The largest absolute Gasteiger partial charge is 0.383 e. The smallest absolute Gasteiger partial charge is 0.277 e. The lowest BCUT2D eigenvalue weighted by Crippen LogP contribution is -2.25. The first kappa shape index (κ1) is 21.4. The van der Waals surface area contributed by atoms with Gasteiger partial charge in [-0.15, -0.1) is 0 Å². The summed E-state index contributed by atoms with van der Waals surface area (Å²) in [6.45, 7) is 0.148. The molecule has 0 amide bonds. The molecule has 2 aromatic carbocycles. The van der Waals surface area contributed by atoms with Crippen LogP contribution in [-0.4, -0.2) is 37.8 Å².